The Hall–Kier alpha value is -6.03. The Balaban J connectivity index is 0.980. The highest BCUT2D eigenvalue weighted by Gasteiger charge is 2.34. The van der Waals surface area contributed by atoms with Crippen LogP contribution >= 0.6 is 0 Å². The molecule has 61 heavy (non-hydrogen) atoms. The van der Waals surface area contributed by atoms with E-state index >= 15 is 8.78 Å². The third-order valence-electron chi connectivity index (χ3n) is 12.0. The Morgan fingerprint density at radius 1 is 1.05 bits per heavy atom. The average molecular weight is 838 g/mol. The number of hydrogen-bond acceptors (Lipinski definition) is 11. The molecule has 2 aromatic carbocycles. The molecule has 5 heterocycles. The van der Waals surface area contributed by atoms with Gasteiger partial charge in [0.05, 0.1) is 35.2 Å². The number of halogens is 2. The number of piperidine rings is 2. The van der Waals surface area contributed by atoms with Gasteiger partial charge in [-0.15, -0.1) is 0 Å². The minimum Gasteiger partial charge on any atom is -0.479 e. The van der Waals surface area contributed by atoms with Crippen molar-refractivity contribution in [1.82, 2.24) is 25.8 Å². The van der Waals surface area contributed by atoms with Gasteiger partial charge in [0.15, 0.2) is 5.88 Å². The highest BCUT2D eigenvalue weighted by Crippen LogP contribution is 2.35. The molecule has 4 atom stereocenters. The van der Waals surface area contributed by atoms with Gasteiger partial charge in [0.2, 0.25) is 17.8 Å². The number of aliphatic imine (C=N–C) groups is 1. The van der Waals surface area contributed by atoms with Gasteiger partial charge in [-0.3, -0.25) is 29.5 Å². The molecular formula is C45H53F2N9O5. The van der Waals surface area contributed by atoms with Gasteiger partial charge in [0, 0.05) is 67.7 Å². The molecule has 3 aromatic rings. The molecule has 4 aliphatic rings. The van der Waals surface area contributed by atoms with E-state index < -0.39 is 35.3 Å². The number of ether oxygens (including phenoxy) is 1. The summed E-state index contributed by atoms with van der Waals surface area (Å²) < 4.78 is 36.3. The minimum absolute atomic E-state index is 0.0393. The Morgan fingerprint density at radius 2 is 1.84 bits per heavy atom. The molecule has 322 valence electrons. The maximum Gasteiger partial charge on any atom is 0.280 e. The van der Waals surface area contributed by atoms with Crippen LogP contribution < -0.4 is 26.2 Å². The second-order valence-corrected chi connectivity index (χ2v) is 16.5. The number of guanidine groups is 1. The fourth-order valence-electron chi connectivity index (χ4n) is 8.75. The monoisotopic (exact) mass is 837 g/mol. The first-order valence-electron chi connectivity index (χ1n) is 21.0. The summed E-state index contributed by atoms with van der Waals surface area (Å²) >= 11 is 0. The summed E-state index contributed by atoms with van der Waals surface area (Å²) in [4.78, 5) is 64.5. The number of likely N-dealkylation sites (tertiary alicyclic amines) is 1. The van der Waals surface area contributed by atoms with Gasteiger partial charge in [0.1, 0.15) is 11.6 Å². The van der Waals surface area contributed by atoms with Gasteiger partial charge in [-0.1, -0.05) is 6.92 Å². The van der Waals surface area contributed by atoms with Crippen molar-refractivity contribution in [3.8, 4) is 0 Å². The summed E-state index contributed by atoms with van der Waals surface area (Å²) in [5.41, 5.74) is 3.93. The number of nitrogens with zero attached hydrogens (tertiary/aromatic N) is 4. The number of rotatable bonds is 9. The number of carbonyl (C=O) groups excluding carboxylic acids is 4. The smallest absolute Gasteiger partial charge is 0.280 e. The predicted molar refractivity (Wildman–Crippen MR) is 229 cm³/mol. The van der Waals surface area contributed by atoms with Gasteiger partial charge in [0.25, 0.3) is 11.8 Å². The number of fused-ring (bicyclic) bond motifs is 5. The Bertz CT molecular complexity index is 2270. The summed E-state index contributed by atoms with van der Waals surface area (Å²) in [6, 6.07) is 11.5. The molecule has 14 nitrogen and oxygen atoms in total. The normalized spacial score (nSPS) is 24.5. The molecule has 16 heteroatoms. The summed E-state index contributed by atoms with van der Waals surface area (Å²) in [6.07, 6.45) is 4.94. The van der Waals surface area contributed by atoms with E-state index in [2.05, 4.69) is 50.0 Å². The highest BCUT2D eigenvalue weighted by molar-refractivity contribution is 6.20. The van der Waals surface area contributed by atoms with Crippen molar-refractivity contribution < 1.29 is 32.7 Å². The number of aryl methyl sites for hydroxylation is 1. The zero-order valence-electron chi connectivity index (χ0n) is 35.0. The van der Waals surface area contributed by atoms with Crippen LogP contribution in [-0.2, 0) is 20.7 Å². The van der Waals surface area contributed by atoms with Crippen LogP contribution in [0.4, 0.5) is 20.2 Å². The molecule has 2 bridgehead atoms. The van der Waals surface area contributed by atoms with E-state index in [0.717, 1.165) is 49.8 Å². The number of nitrogens with one attached hydrogen (secondary N) is 5. The van der Waals surface area contributed by atoms with Crippen LogP contribution in [-0.4, -0.2) is 91.6 Å². The molecule has 1 aromatic heterocycles. The average Bonchev–Trinajstić information content (AvgIpc) is 3.55. The first-order valence-corrected chi connectivity index (χ1v) is 21.0. The number of amides is 4. The molecular weight excluding hydrogens is 785 g/mol. The number of anilines is 2. The standard InChI is InChI=1S/C45H53F2N9O5/c1-25-6-5-15-61-44(49-4)33(22-48)37-20-31(16-26(2)51-37)42(59)54-45-52-36-9-7-30(21-38(36)56(45)24-25)41(58)50-23-29-12-14-55(27(3)17-29)13-11-28-18-34(46)40(35(47)19-28)32-8-10-39(57)53-43(32)60/h7,9,16,18-22,25,27,29,32,48-49H,5-6,8,10-15,17,23-24H2,1-4H3,(H,50,58)(H,52,54,59)(H,53,57,60)/b44-33-,48-22?/t25-,27+,29?,32-/m1/s1. The molecule has 2 saturated heterocycles. The van der Waals surface area contributed by atoms with Crippen molar-refractivity contribution in [3.05, 3.63) is 93.6 Å². The van der Waals surface area contributed by atoms with E-state index in [1.807, 2.05) is 17.0 Å². The zero-order chi connectivity index (χ0) is 43.4. The molecule has 7 rings (SSSR count). The number of hydrogen-bond donors (Lipinski definition) is 5. The number of benzene rings is 2. The van der Waals surface area contributed by atoms with Crippen molar-refractivity contribution in [2.45, 2.75) is 77.7 Å². The maximum absolute atomic E-state index is 15.1. The third kappa shape index (κ3) is 9.80. The van der Waals surface area contributed by atoms with Crippen LogP contribution in [0.1, 0.15) is 102 Å². The Morgan fingerprint density at radius 3 is 2.56 bits per heavy atom. The molecule has 5 N–H and O–H groups in total. The lowest BCUT2D eigenvalue weighted by atomic mass is 9.88. The quantitative estimate of drug-likeness (QED) is 0.133. The van der Waals surface area contributed by atoms with Gasteiger partial charge >= 0.3 is 0 Å². The van der Waals surface area contributed by atoms with E-state index in [1.54, 1.807) is 32.2 Å². The molecule has 0 spiro atoms. The first kappa shape index (κ1) is 43.1. The molecule has 0 saturated carbocycles. The Kier molecular flexibility index (Phi) is 13.2. The van der Waals surface area contributed by atoms with E-state index in [4.69, 9.17) is 10.1 Å². The maximum atomic E-state index is 15.1. The van der Waals surface area contributed by atoms with E-state index in [1.165, 1.54) is 12.1 Å². The van der Waals surface area contributed by atoms with Gasteiger partial charge in [-0.2, -0.15) is 4.99 Å². The van der Waals surface area contributed by atoms with Crippen molar-refractivity contribution in [3.63, 3.8) is 0 Å². The van der Waals surface area contributed by atoms with Crippen LogP contribution in [0.2, 0.25) is 0 Å². The van der Waals surface area contributed by atoms with Crippen LogP contribution in [0, 0.1) is 35.8 Å². The second kappa shape index (κ2) is 18.7. The fraction of sp³-hybridized carbons (Fsp3) is 0.444. The lowest BCUT2D eigenvalue weighted by Crippen LogP contribution is -2.44. The fourth-order valence-corrected chi connectivity index (χ4v) is 8.75. The van der Waals surface area contributed by atoms with E-state index in [-0.39, 0.29) is 42.2 Å². The number of carbonyl (C=O) groups is 4. The molecule has 2 fully saturated rings. The summed E-state index contributed by atoms with van der Waals surface area (Å²) in [5.74, 6) is -3.20. The van der Waals surface area contributed by atoms with E-state index in [0.29, 0.717) is 78.2 Å². The SMILES string of the molecule is CN/C1=C(\C=N)c2cc(cc(C)n2)C(=O)/N=C2\Nc3ccc(C(=O)NCC4CCN(CCc5cc(F)c([C@H]6CCC(=O)NC6=O)c(F)c5)[C@@H](C)C4)cc3N2C[C@H](C)CCCO1. The summed E-state index contributed by atoms with van der Waals surface area (Å²) in [7, 11) is 1.72. The van der Waals surface area contributed by atoms with Crippen molar-refractivity contribution in [2.24, 2.45) is 16.8 Å². The van der Waals surface area contributed by atoms with Gasteiger partial charge < -0.3 is 35.9 Å². The topological polar surface area (TPSA) is 181 Å². The Labute approximate surface area is 354 Å². The van der Waals surface area contributed by atoms with Crippen LogP contribution in [0.5, 0.6) is 0 Å². The lowest BCUT2D eigenvalue weighted by molar-refractivity contribution is -0.134. The number of imide groups is 1. The number of pyridine rings is 1. The molecule has 4 aliphatic heterocycles. The number of allylic oxidation sites excluding steroid dienone is 1. The molecule has 0 radical (unpaired) electrons. The summed E-state index contributed by atoms with van der Waals surface area (Å²) in [5, 5.41) is 19.7. The molecule has 0 aliphatic carbocycles. The molecule has 1 unspecified atom stereocenters. The minimum atomic E-state index is -1.03. The van der Waals surface area contributed by atoms with Crippen molar-refractivity contribution in [1.29, 1.82) is 5.41 Å². The van der Waals surface area contributed by atoms with Gasteiger partial charge in [-0.25, -0.2) is 8.78 Å². The third-order valence-corrected chi connectivity index (χ3v) is 12.0. The summed E-state index contributed by atoms with van der Waals surface area (Å²) in [6.45, 7) is 8.83. The first-order chi connectivity index (χ1) is 29.3. The zero-order valence-corrected chi connectivity index (χ0v) is 35.0. The van der Waals surface area contributed by atoms with Gasteiger partial charge in [-0.05, 0) is 119 Å². The number of aromatic nitrogens is 1. The predicted octanol–water partition coefficient (Wildman–Crippen LogP) is 5.67. The van der Waals surface area contributed by atoms with E-state index in [9.17, 15) is 19.2 Å². The lowest BCUT2D eigenvalue weighted by Gasteiger charge is -2.38. The van der Waals surface area contributed by atoms with Crippen LogP contribution in [0.3, 0.4) is 0 Å². The molecule has 4 amide bonds. The largest absolute Gasteiger partial charge is 0.479 e. The van der Waals surface area contributed by atoms with Crippen molar-refractivity contribution in [2.75, 3.05) is 50.1 Å². The van der Waals surface area contributed by atoms with Crippen LogP contribution in [0.25, 0.3) is 5.57 Å². The van der Waals surface area contributed by atoms with Crippen LogP contribution in [0.15, 0.2) is 53.3 Å². The highest BCUT2D eigenvalue weighted by atomic mass is 19.1. The van der Waals surface area contributed by atoms with Crippen molar-refractivity contribution >= 4 is 52.8 Å². The second-order valence-electron chi connectivity index (χ2n) is 16.5.